The summed E-state index contributed by atoms with van der Waals surface area (Å²) in [5, 5.41) is 15.6. The van der Waals surface area contributed by atoms with Gasteiger partial charge in [-0.2, -0.15) is 0 Å². The Hall–Kier alpha value is -4.01. The number of hydrogen-bond acceptors (Lipinski definition) is 2. The van der Waals surface area contributed by atoms with Gasteiger partial charge in [-0.1, -0.05) is 103 Å². The molecule has 6 aromatic rings. The van der Waals surface area contributed by atoms with Gasteiger partial charge in [-0.3, -0.25) is 0 Å². The van der Waals surface area contributed by atoms with E-state index in [9.17, 15) is 5.11 Å². The van der Waals surface area contributed by atoms with Crippen LogP contribution in [0.4, 0.5) is 0 Å². The highest BCUT2D eigenvalue weighted by Crippen LogP contribution is 2.81. The zero-order valence-corrected chi connectivity index (χ0v) is 25.3. The summed E-state index contributed by atoms with van der Waals surface area (Å²) in [6.45, 7) is 7.50. The normalized spacial score (nSPS) is 14.7. The number of benzene rings is 5. The van der Waals surface area contributed by atoms with Crippen molar-refractivity contribution < 1.29 is 9.76 Å². The zero-order chi connectivity index (χ0) is 29.1. The smallest absolute Gasteiger partial charge is 0.309 e. The maximum atomic E-state index is 10.8. The van der Waals surface area contributed by atoms with Crippen molar-refractivity contribution in [2.45, 2.75) is 58.5 Å². The van der Waals surface area contributed by atoms with Crippen LogP contribution in [0.2, 0.25) is 0 Å². The van der Waals surface area contributed by atoms with E-state index in [0.717, 1.165) is 10.8 Å². The fourth-order valence-corrected chi connectivity index (χ4v) is 10.7. The molecule has 7 rings (SSSR count). The van der Waals surface area contributed by atoms with Crippen molar-refractivity contribution in [2.24, 2.45) is 0 Å². The Morgan fingerprint density at radius 2 is 1.24 bits per heavy atom. The minimum absolute atomic E-state index is 0.407. The Labute approximate surface area is 250 Å². The van der Waals surface area contributed by atoms with Crippen LogP contribution < -0.4 is 5.46 Å². The predicted molar refractivity (Wildman–Crippen MR) is 176 cm³/mol. The van der Waals surface area contributed by atoms with Crippen molar-refractivity contribution in [3.63, 3.8) is 0 Å². The second-order valence-electron chi connectivity index (χ2n) is 12.1. The van der Waals surface area contributed by atoms with Crippen LogP contribution in [-0.4, -0.2) is 23.8 Å². The van der Waals surface area contributed by atoms with E-state index in [1.54, 1.807) is 13.8 Å². The molecule has 0 bridgehead atoms. The summed E-state index contributed by atoms with van der Waals surface area (Å²) in [5.74, 6) is 0. The van der Waals surface area contributed by atoms with E-state index in [0.29, 0.717) is 7.48 Å². The molecule has 0 saturated heterocycles. The molecule has 0 spiro atoms. The fraction of sp³-hybridized carbons (Fsp3) is 0.158. The molecule has 0 amide bonds. The first-order chi connectivity index (χ1) is 20.2. The summed E-state index contributed by atoms with van der Waals surface area (Å²) < 4.78 is 6.39. The number of rotatable bonds is 6. The third-order valence-corrected chi connectivity index (χ3v) is 13.0. The molecule has 1 unspecified atom stereocenters. The average Bonchev–Trinajstić information content (AvgIpc) is 3.29. The first-order valence-electron chi connectivity index (χ1n) is 14.4. The van der Waals surface area contributed by atoms with E-state index < -0.39 is 21.2 Å². The van der Waals surface area contributed by atoms with Gasteiger partial charge in [0.05, 0.1) is 11.2 Å². The molecule has 0 radical (unpaired) electrons. The first-order valence-corrected chi connectivity index (χ1v) is 16.1. The predicted octanol–water partition coefficient (Wildman–Crippen LogP) is 8.46. The van der Waals surface area contributed by atoms with Gasteiger partial charge in [-0.15, -0.1) is 10.0 Å². The zero-order valence-electron chi connectivity index (χ0n) is 24.4. The third kappa shape index (κ3) is 4.00. The number of fused-ring (bicyclic) bond motifs is 5. The van der Waals surface area contributed by atoms with Crippen molar-refractivity contribution in [3.05, 3.63) is 127 Å². The molecule has 1 N–H and O–H groups in total. The first kappa shape index (κ1) is 26.9. The molecular weight excluding hydrogens is 531 g/mol. The molecule has 1 atom stereocenters. The van der Waals surface area contributed by atoms with Gasteiger partial charge in [0.25, 0.3) is 0 Å². The van der Waals surface area contributed by atoms with Gasteiger partial charge in [-0.25, -0.2) is 0 Å². The summed E-state index contributed by atoms with van der Waals surface area (Å²) >= 11 is 0. The highest BCUT2D eigenvalue weighted by atomic mass is 32.3. The van der Waals surface area contributed by atoms with Crippen LogP contribution in [0.1, 0.15) is 27.7 Å². The molecule has 1 aliphatic heterocycles. The van der Waals surface area contributed by atoms with Crippen molar-refractivity contribution in [2.75, 3.05) is 0 Å². The fourth-order valence-electron chi connectivity index (χ4n) is 6.04. The Kier molecular flexibility index (Phi) is 6.26. The molecule has 1 aliphatic rings. The lowest BCUT2D eigenvalue weighted by molar-refractivity contribution is -0.0893. The molecule has 0 fully saturated rings. The number of hydrogen-bond donors (Lipinski definition) is 1. The second kappa shape index (κ2) is 9.78. The number of aliphatic hydroxyl groups is 1. The van der Waals surface area contributed by atoms with Crippen molar-refractivity contribution in [1.82, 2.24) is 0 Å². The molecule has 6 aromatic carbocycles. The van der Waals surface area contributed by atoms with Gasteiger partial charge in [0.2, 0.25) is 0 Å². The van der Waals surface area contributed by atoms with E-state index in [2.05, 4.69) is 121 Å². The Bertz CT molecular complexity index is 1880. The van der Waals surface area contributed by atoms with Crippen LogP contribution >= 0.6 is 10.0 Å². The van der Waals surface area contributed by atoms with Crippen LogP contribution in [0, 0.1) is 12.1 Å². The van der Waals surface area contributed by atoms with E-state index in [1.165, 1.54) is 46.9 Å². The molecule has 42 heavy (non-hydrogen) atoms. The van der Waals surface area contributed by atoms with Crippen LogP contribution in [0.15, 0.2) is 135 Å². The lowest BCUT2D eigenvalue weighted by Crippen LogP contribution is -2.49. The topological polar surface area (TPSA) is 29.5 Å². The lowest BCUT2D eigenvalue weighted by atomic mass is 9.82. The summed E-state index contributed by atoms with van der Waals surface area (Å²) in [5.41, 5.74) is 1.95. The average molecular weight is 565 g/mol. The van der Waals surface area contributed by atoms with Crippen LogP contribution in [0.25, 0.3) is 32.7 Å². The highest BCUT2D eigenvalue weighted by Gasteiger charge is 2.44. The Morgan fingerprint density at radius 1 is 0.619 bits per heavy atom. The summed E-state index contributed by atoms with van der Waals surface area (Å²) in [7, 11) is -1.53. The Morgan fingerprint density at radius 3 is 2.05 bits per heavy atom. The summed E-state index contributed by atoms with van der Waals surface area (Å²) in [4.78, 5) is 5.32. The molecule has 206 valence electrons. The van der Waals surface area contributed by atoms with Gasteiger partial charge in [0, 0.05) is 25.0 Å². The summed E-state index contributed by atoms with van der Waals surface area (Å²) in [6.07, 6.45) is 0. The van der Waals surface area contributed by atoms with E-state index >= 15 is 0 Å². The van der Waals surface area contributed by atoms with E-state index in [1.807, 2.05) is 19.9 Å². The monoisotopic (exact) mass is 564 g/mol. The summed E-state index contributed by atoms with van der Waals surface area (Å²) in [6, 6.07) is 48.5. The lowest BCUT2D eigenvalue weighted by Gasteiger charge is -2.41. The molecular formula is C38H33BO2S. The minimum atomic E-state index is -1.93. The molecule has 2 nitrogen and oxygen atoms in total. The molecule has 4 heteroatoms. The molecule has 0 saturated carbocycles. The van der Waals surface area contributed by atoms with Crippen LogP contribution in [-0.2, 0) is 4.65 Å². The van der Waals surface area contributed by atoms with Gasteiger partial charge in [0.15, 0.2) is 0 Å². The minimum Gasteiger partial charge on any atom is -0.427 e. The van der Waals surface area contributed by atoms with Gasteiger partial charge in [0.1, 0.15) is 0 Å². The van der Waals surface area contributed by atoms with Gasteiger partial charge < -0.3 is 9.76 Å². The molecule has 1 heterocycles. The van der Waals surface area contributed by atoms with E-state index in [-0.39, 0.29) is 0 Å². The standard InChI is InChI=1S/C38H33BO2S/c1-37(2,40)38(3,4)41-39-28-23-24-32-31-19-9-10-20-35(31)42(36(32)25-28,33-21-11-15-26-13-5-7-17-29(26)33)34-22-12-16-27-14-6-8-18-30(27)34/h5,7,9-25,39-40H,1-4H3. The van der Waals surface area contributed by atoms with Gasteiger partial charge >= 0.3 is 7.48 Å². The van der Waals surface area contributed by atoms with Crippen molar-refractivity contribution in [3.8, 4) is 11.1 Å². The second-order valence-corrected chi connectivity index (χ2v) is 15.1. The maximum Gasteiger partial charge on any atom is 0.309 e. The SMILES string of the molecule is CC(C)(O)C(C)(C)OBc1ccc2c(c1)S(c1cccc3cc#ccc13)(c1cccc3ccccc13)c1ccccc1-2. The largest absolute Gasteiger partial charge is 0.427 e. The van der Waals surface area contributed by atoms with E-state index in [4.69, 9.17) is 4.65 Å². The molecule has 0 aromatic heterocycles. The van der Waals surface area contributed by atoms with Crippen LogP contribution in [0.5, 0.6) is 0 Å². The van der Waals surface area contributed by atoms with Crippen molar-refractivity contribution >= 4 is 44.5 Å². The third-order valence-electron chi connectivity index (χ3n) is 8.99. The molecule has 0 aliphatic carbocycles. The quantitative estimate of drug-likeness (QED) is 0.205. The maximum absolute atomic E-state index is 10.8. The van der Waals surface area contributed by atoms with Crippen LogP contribution in [0.3, 0.4) is 0 Å². The van der Waals surface area contributed by atoms with Gasteiger partial charge in [-0.05, 0) is 85.3 Å². The van der Waals surface area contributed by atoms with Crippen molar-refractivity contribution in [1.29, 1.82) is 0 Å². The Balaban J connectivity index is 1.57. The highest BCUT2D eigenvalue weighted by molar-refractivity contribution is 8.34.